The van der Waals surface area contributed by atoms with Gasteiger partial charge < -0.3 is 5.73 Å². The Bertz CT molecular complexity index is 974. The fourth-order valence-electron chi connectivity index (χ4n) is 2.92. The van der Waals surface area contributed by atoms with Gasteiger partial charge in [0, 0.05) is 27.1 Å². The molecule has 1 aromatic heterocycles. The number of nitrogens with two attached hydrogens (primary N) is 1. The summed E-state index contributed by atoms with van der Waals surface area (Å²) >= 11 is 3.55. The quantitative estimate of drug-likeness (QED) is 0.467. The average molecular weight is 405 g/mol. The summed E-state index contributed by atoms with van der Waals surface area (Å²) in [7, 11) is 0. The van der Waals surface area contributed by atoms with Crippen LogP contribution in [0.15, 0.2) is 89.3 Å². The van der Waals surface area contributed by atoms with Crippen molar-refractivity contribution in [2.24, 2.45) is 5.73 Å². The van der Waals surface area contributed by atoms with Crippen molar-refractivity contribution < 1.29 is 0 Å². The van der Waals surface area contributed by atoms with Gasteiger partial charge in [-0.2, -0.15) is 0 Å². The van der Waals surface area contributed by atoms with E-state index in [1.165, 1.54) is 9.79 Å². The van der Waals surface area contributed by atoms with Crippen LogP contribution >= 0.6 is 23.5 Å². The Morgan fingerprint density at radius 3 is 2.14 bits per heavy atom. The second kappa shape index (κ2) is 9.67. The highest BCUT2D eigenvalue weighted by Gasteiger charge is 2.10. The third-order valence-corrected chi connectivity index (χ3v) is 6.05. The maximum atomic E-state index is 5.97. The molecule has 0 aliphatic rings. The molecule has 0 spiro atoms. The van der Waals surface area contributed by atoms with Crippen LogP contribution in [0.2, 0.25) is 0 Å². The van der Waals surface area contributed by atoms with Crippen molar-refractivity contribution in [1.29, 1.82) is 0 Å². The maximum absolute atomic E-state index is 5.97. The van der Waals surface area contributed by atoms with Gasteiger partial charge in [-0.05, 0) is 59.5 Å². The van der Waals surface area contributed by atoms with Gasteiger partial charge in [-0.1, -0.05) is 43.8 Å². The van der Waals surface area contributed by atoms with Crippen molar-refractivity contribution in [3.05, 3.63) is 102 Å². The Hall–Kier alpha value is -2.43. The third kappa shape index (κ3) is 4.70. The van der Waals surface area contributed by atoms with Gasteiger partial charge in [-0.25, -0.2) is 4.98 Å². The summed E-state index contributed by atoms with van der Waals surface area (Å²) in [5.74, 6) is 1.06. The highest BCUT2D eigenvalue weighted by molar-refractivity contribution is 7.99. The van der Waals surface area contributed by atoms with Crippen molar-refractivity contribution in [3.8, 4) is 0 Å². The summed E-state index contributed by atoms with van der Waals surface area (Å²) in [5.41, 5.74) is 11.6. The summed E-state index contributed by atoms with van der Waals surface area (Å²) < 4.78 is 0. The molecule has 2 N–H and O–H groups in total. The van der Waals surface area contributed by atoms with Gasteiger partial charge in [0.15, 0.2) is 0 Å². The van der Waals surface area contributed by atoms with Crippen LogP contribution in [0, 0.1) is 0 Å². The molecule has 0 amide bonds. The molecule has 0 atom stereocenters. The highest BCUT2D eigenvalue weighted by atomic mass is 32.2. The minimum atomic E-state index is 0.845. The van der Waals surface area contributed by atoms with E-state index in [-0.39, 0.29) is 0 Å². The fourth-order valence-corrected chi connectivity index (χ4v) is 3.99. The molecule has 2 nitrogen and oxygen atoms in total. The van der Waals surface area contributed by atoms with Gasteiger partial charge in [0.2, 0.25) is 0 Å². The first-order chi connectivity index (χ1) is 13.7. The predicted octanol–water partition coefficient (Wildman–Crippen LogP) is 6.32. The molecule has 0 unspecified atom stereocenters. The fraction of sp³-hybridized carbons (Fsp3) is 0.125. The number of hydrogen-bond acceptors (Lipinski definition) is 4. The molecular formula is C24H24N2S2. The molecule has 2 aromatic carbocycles. The Labute approximate surface area is 176 Å². The van der Waals surface area contributed by atoms with Gasteiger partial charge in [0.05, 0.1) is 11.4 Å². The summed E-state index contributed by atoms with van der Waals surface area (Å²) in [6, 6.07) is 22.8. The summed E-state index contributed by atoms with van der Waals surface area (Å²) in [6.07, 6.45) is 3.70. The van der Waals surface area contributed by atoms with Crippen molar-refractivity contribution >= 4 is 34.7 Å². The van der Waals surface area contributed by atoms with Crippen molar-refractivity contribution in [2.75, 3.05) is 12.0 Å². The van der Waals surface area contributed by atoms with Crippen LogP contribution < -0.4 is 5.73 Å². The smallest absolute Gasteiger partial charge is 0.0730 e. The average Bonchev–Trinajstić information content (AvgIpc) is 2.75. The van der Waals surface area contributed by atoms with Gasteiger partial charge >= 0.3 is 0 Å². The second-order valence-electron chi connectivity index (χ2n) is 6.15. The number of aromatic nitrogens is 1. The van der Waals surface area contributed by atoms with E-state index >= 15 is 0 Å². The molecule has 1 heterocycles. The number of hydrogen-bond donors (Lipinski definition) is 1. The minimum absolute atomic E-state index is 0.845. The molecule has 0 radical (unpaired) electrons. The standard InChI is InChI=1S/C24H24N2S2/c1-4-28-21-14-10-19(11-15-21)22(16-25)24-7-5-6-23(26-24)17(2)18-8-12-20(27-3)13-9-18/h5-16H,2,4,25H2,1,3H3/b22-16+. The Morgan fingerprint density at radius 1 is 0.929 bits per heavy atom. The van der Waals surface area contributed by atoms with Crippen molar-refractivity contribution in [1.82, 2.24) is 4.98 Å². The van der Waals surface area contributed by atoms with Crippen LogP contribution in [-0.4, -0.2) is 17.0 Å². The van der Waals surface area contributed by atoms with Gasteiger partial charge in [0.25, 0.3) is 0 Å². The first kappa shape index (κ1) is 20.3. The summed E-state index contributed by atoms with van der Waals surface area (Å²) in [5, 5.41) is 0. The van der Waals surface area contributed by atoms with E-state index in [1.807, 2.05) is 30.0 Å². The Kier molecular flexibility index (Phi) is 7.01. The second-order valence-corrected chi connectivity index (χ2v) is 8.37. The minimum Gasteiger partial charge on any atom is -0.404 e. The van der Waals surface area contributed by atoms with E-state index in [9.17, 15) is 0 Å². The van der Waals surface area contributed by atoms with Crippen LogP contribution in [0.25, 0.3) is 11.1 Å². The van der Waals surface area contributed by atoms with Crippen LogP contribution in [0.4, 0.5) is 0 Å². The van der Waals surface area contributed by atoms with Gasteiger partial charge in [-0.15, -0.1) is 23.5 Å². The molecule has 28 heavy (non-hydrogen) atoms. The zero-order chi connectivity index (χ0) is 19.9. The van der Waals surface area contributed by atoms with E-state index in [1.54, 1.807) is 18.0 Å². The highest BCUT2D eigenvalue weighted by Crippen LogP contribution is 2.27. The van der Waals surface area contributed by atoms with Crippen molar-refractivity contribution in [2.45, 2.75) is 16.7 Å². The third-order valence-electron chi connectivity index (χ3n) is 4.42. The largest absolute Gasteiger partial charge is 0.404 e. The normalized spacial score (nSPS) is 11.4. The molecule has 0 bridgehead atoms. The van der Waals surface area contributed by atoms with Crippen LogP contribution in [0.5, 0.6) is 0 Å². The molecule has 0 saturated carbocycles. The van der Waals surface area contributed by atoms with Gasteiger partial charge in [-0.3, -0.25) is 0 Å². The lowest BCUT2D eigenvalue weighted by Gasteiger charge is -2.11. The summed E-state index contributed by atoms with van der Waals surface area (Å²) in [4.78, 5) is 7.33. The SMILES string of the molecule is C=C(c1ccc(SC)cc1)c1cccc(/C(=C/N)c2ccc(SCC)cc2)n1. The van der Waals surface area contributed by atoms with E-state index in [4.69, 9.17) is 10.7 Å². The summed E-state index contributed by atoms with van der Waals surface area (Å²) in [6.45, 7) is 6.41. The molecule has 3 aromatic rings. The maximum Gasteiger partial charge on any atom is 0.0730 e. The number of nitrogens with zero attached hydrogens (tertiary/aromatic N) is 1. The molecule has 0 fully saturated rings. The van der Waals surface area contributed by atoms with Gasteiger partial charge in [0.1, 0.15) is 0 Å². The molecule has 3 rings (SSSR count). The van der Waals surface area contributed by atoms with Crippen LogP contribution in [-0.2, 0) is 0 Å². The number of pyridine rings is 1. The topological polar surface area (TPSA) is 38.9 Å². The molecule has 142 valence electrons. The molecule has 0 saturated heterocycles. The lowest BCUT2D eigenvalue weighted by Crippen LogP contribution is -1.99. The number of thioether (sulfide) groups is 2. The molecular weight excluding hydrogens is 380 g/mol. The molecule has 4 heteroatoms. The van der Waals surface area contributed by atoms with Crippen molar-refractivity contribution in [3.63, 3.8) is 0 Å². The first-order valence-corrected chi connectivity index (χ1v) is 11.3. The van der Waals surface area contributed by atoms with E-state index in [0.29, 0.717) is 0 Å². The van der Waals surface area contributed by atoms with E-state index in [0.717, 1.165) is 39.4 Å². The molecule has 0 aliphatic heterocycles. The predicted molar refractivity (Wildman–Crippen MR) is 125 cm³/mol. The Morgan fingerprint density at radius 2 is 1.54 bits per heavy atom. The number of benzene rings is 2. The first-order valence-electron chi connectivity index (χ1n) is 9.12. The van der Waals surface area contributed by atoms with Crippen LogP contribution in [0.1, 0.15) is 29.4 Å². The lowest BCUT2D eigenvalue weighted by atomic mass is 10.0. The van der Waals surface area contributed by atoms with E-state index < -0.39 is 0 Å². The lowest BCUT2D eigenvalue weighted by molar-refractivity contribution is 1.22. The zero-order valence-electron chi connectivity index (χ0n) is 16.2. The monoisotopic (exact) mass is 404 g/mol. The Balaban J connectivity index is 1.89. The van der Waals surface area contributed by atoms with E-state index in [2.05, 4.69) is 68.3 Å². The number of rotatable bonds is 7. The zero-order valence-corrected chi connectivity index (χ0v) is 17.8. The van der Waals surface area contributed by atoms with Crippen LogP contribution in [0.3, 0.4) is 0 Å². The molecule has 0 aliphatic carbocycles.